The van der Waals surface area contributed by atoms with Gasteiger partial charge in [-0.3, -0.25) is 14.6 Å². The van der Waals surface area contributed by atoms with Crippen molar-refractivity contribution < 1.29 is 13.9 Å². The Kier molecular flexibility index (Phi) is 6.58. The zero-order valence-corrected chi connectivity index (χ0v) is 18.0. The quantitative estimate of drug-likeness (QED) is 0.327. The lowest BCUT2D eigenvalue weighted by atomic mass is 10.1. The number of pyridine rings is 1. The van der Waals surface area contributed by atoms with Gasteiger partial charge in [-0.2, -0.15) is 5.10 Å². The first-order valence-corrected chi connectivity index (χ1v) is 10.5. The normalized spacial score (nSPS) is 10.8. The SMILES string of the molecule is CCOc1cccc2cc(C(=O)NCCCn3nc(-c4cccnc4)ccc3=O)c(=O)oc12. The van der Waals surface area contributed by atoms with Crippen molar-refractivity contribution in [3.8, 4) is 17.0 Å². The summed E-state index contributed by atoms with van der Waals surface area (Å²) in [5.41, 5.74) is 0.662. The van der Waals surface area contributed by atoms with E-state index >= 15 is 0 Å². The summed E-state index contributed by atoms with van der Waals surface area (Å²) in [5.74, 6) is -0.0950. The number of hydrogen-bond donors (Lipinski definition) is 1. The average Bonchev–Trinajstić information content (AvgIpc) is 2.83. The smallest absolute Gasteiger partial charge is 0.349 e. The summed E-state index contributed by atoms with van der Waals surface area (Å²) < 4.78 is 12.2. The van der Waals surface area contributed by atoms with Crippen molar-refractivity contribution in [3.05, 3.63) is 87.3 Å². The van der Waals surface area contributed by atoms with Crippen LogP contribution in [0.3, 0.4) is 0 Å². The molecule has 33 heavy (non-hydrogen) atoms. The van der Waals surface area contributed by atoms with Crippen LogP contribution in [0.2, 0.25) is 0 Å². The molecular formula is C24H22N4O5. The summed E-state index contributed by atoms with van der Waals surface area (Å²) in [6, 6.07) is 13.4. The van der Waals surface area contributed by atoms with Gasteiger partial charge in [0, 0.05) is 42.5 Å². The van der Waals surface area contributed by atoms with Gasteiger partial charge in [0.1, 0.15) is 5.56 Å². The maximum Gasteiger partial charge on any atom is 0.349 e. The molecule has 0 aliphatic carbocycles. The second kappa shape index (κ2) is 9.90. The number of fused-ring (bicyclic) bond motifs is 1. The van der Waals surface area contributed by atoms with Crippen LogP contribution in [0, 0.1) is 0 Å². The van der Waals surface area contributed by atoms with Crippen LogP contribution in [0.15, 0.2) is 74.9 Å². The molecule has 0 saturated heterocycles. The third kappa shape index (κ3) is 4.98. The Balaban J connectivity index is 1.41. The number of benzene rings is 1. The predicted octanol–water partition coefficient (Wildman–Crippen LogP) is 2.63. The Hall–Kier alpha value is -4.27. The average molecular weight is 446 g/mol. The summed E-state index contributed by atoms with van der Waals surface area (Å²) in [4.78, 5) is 41.1. The third-order valence-electron chi connectivity index (χ3n) is 4.92. The highest BCUT2D eigenvalue weighted by molar-refractivity contribution is 5.97. The van der Waals surface area contributed by atoms with Crippen LogP contribution in [0.4, 0.5) is 0 Å². The molecule has 1 N–H and O–H groups in total. The highest BCUT2D eigenvalue weighted by Gasteiger charge is 2.15. The molecule has 1 aromatic carbocycles. The van der Waals surface area contributed by atoms with E-state index in [0.717, 1.165) is 5.56 Å². The summed E-state index contributed by atoms with van der Waals surface area (Å²) in [6.07, 6.45) is 3.78. The van der Waals surface area contributed by atoms with Gasteiger partial charge in [-0.05, 0) is 43.7 Å². The van der Waals surface area contributed by atoms with Crippen molar-refractivity contribution in [2.45, 2.75) is 19.9 Å². The number of aromatic nitrogens is 3. The van der Waals surface area contributed by atoms with E-state index in [-0.39, 0.29) is 17.7 Å². The van der Waals surface area contributed by atoms with Crippen LogP contribution in [0.5, 0.6) is 5.75 Å². The van der Waals surface area contributed by atoms with Gasteiger partial charge in [0.15, 0.2) is 11.3 Å². The second-order valence-electron chi connectivity index (χ2n) is 7.19. The van der Waals surface area contributed by atoms with Gasteiger partial charge in [0.25, 0.3) is 11.5 Å². The van der Waals surface area contributed by atoms with Crippen LogP contribution in [0.1, 0.15) is 23.7 Å². The van der Waals surface area contributed by atoms with E-state index in [4.69, 9.17) is 9.15 Å². The first-order valence-electron chi connectivity index (χ1n) is 10.5. The molecule has 3 aromatic heterocycles. The molecule has 0 bridgehead atoms. The molecule has 168 valence electrons. The molecule has 3 heterocycles. The summed E-state index contributed by atoms with van der Waals surface area (Å²) in [5, 5.41) is 7.65. The molecule has 0 aliphatic rings. The molecule has 1 amide bonds. The maximum atomic E-state index is 12.5. The Morgan fingerprint density at radius 1 is 1.15 bits per heavy atom. The van der Waals surface area contributed by atoms with Gasteiger partial charge in [-0.1, -0.05) is 12.1 Å². The fourth-order valence-corrected chi connectivity index (χ4v) is 3.35. The molecular weight excluding hydrogens is 424 g/mol. The number of carbonyl (C=O) groups is 1. The van der Waals surface area contributed by atoms with Gasteiger partial charge in [-0.15, -0.1) is 0 Å². The molecule has 0 saturated carbocycles. The molecule has 0 unspecified atom stereocenters. The molecule has 4 rings (SSSR count). The van der Waals surface area contributed by atoms with Crippen molar-refractivity contribution in [2.24, 2.45) is 0 Å². The molecule has 0 fully saturated rings. The van der Waals surface area contributed by atoms with Gasteiger partial charge in [-0.25, -0.2) is 9.48 Å². The minimum Gasteiger partial charge on any atom is -0.490 e. The lowest BCUT2D eigenvalue weighted by molar-refractivity contribution is 0.0949. The number of rotatable bonds is 8. The van der Waals surface area contributed by atoms with Crippen LogP contribution in [-0.2, 0) is 6.54 Å². The predicted molar refractivity (Wildman–Crippen MR) is 122 cm³/mol. The van der Waals surface area contributed by atoms with E-state index in [0.29, 0.717) is 42.0 Å². The summed E-state index contributed by atoms with van der Waals surface area (Å²) in [7, 11) is 0. The van der Waals surface area contributed by atoms with Crippen LogP contribution < -0.4 is 21.2 Å². The Morgan fingerprint density at radius 3 is 2.82 bits per heavy atom. The topological polar surface area (TPSA) is 116 Å². The molecule has 9 heteroatoms. The van der Waals surface area contributed by atoms with E-state index in [1.807, 2.05) is 13.0 Å². The van der Waals surface area contributed by atoms with Crippen LogP contribution in [0.25, 0.3) is 22.2 Å². The first-order chi connectivity index (χ1) is 16.1. The third-order valence-corrected chi connectivity index (χ3v) is 4.92. The Morgan fingerprint density at radius 2 is 2.03 bits per heavy atom. The van der Waals surface area contributed by atoms with E-state index in [1.54, 1.807) is 42.7 Å². The fraction of sp³-hybridized carbons (Fsp3) is 0.208. The zero-order chi connectivity index (χ0) is 23.2. The molecule has 4 aromatic rings. The van der Waals surface area contributed by atoms with Crippen molar-refractivity contribution in [1.29, 1.82) is 0 Å². The highest BCUT2D eigenvalue weighted by atomic mass is 16.5. The standard InChI is InChI=1S/C24H22N4O5/c1-2-32-20-8-3-6-16-14-18(24(31)33-22(16)20)23(30)26-12-5-13-28-21(29)10-9-19(27-28)17-7-4-11-25-15-17/h3-4,6-11,14-15H,2,5,12-13H2,1H3,(H,26,30). The number of ether oxygens (including phenoxy) is 1. The number of nitrogens with zero attached hydrogens (tertiary/aromatic N) is 3. The number of aryl methyl sites for hydroxylation is 1. The van der Waals surface area contributed by atoms with Gasteiger partial charge in [0.2, 0.25) is 0 Å². The lowest BCUT2D eigenvalue weighted by Gasteiger charge is -2.09. The minimum absolute atomic E-state index is 0.0926. The van der Waals surface area contributed by atoms with Crippen LogP contribution in [-0.4, -0.2) is 33.8 Å². The van der Waals surface area contributed by atoms with Gasteiger partial charge < -0.3 is 14.5 Å². The number of amides is 1. The van der Waals surface area contributed by atoms with Crippen molar-refractivity contribution in [3.63, 3.8) is 0 Å². The largest absolute Gasteiger partial charge is 0.490 e. The van der Waals surface area contributed by atoms with E-state index in [1.165, 1.54) is 16.8 Å². The fourth-order valence-electron chi connectivity index (χ4n) is 3.35. The molecule has 0 atom stereocenters. The van der Waals surface area contributed by atoms with E-state index in [2.05, 4.69) is 15.4 Å². The maximum absolute atomic E-state index is 12.5. The Labute approximate surface area is 188 Å². The molecule has 0 aliphatic heterocycles. The van der Waals surface area contributed by atoms with Gasteiger partial charge in [0.05, 0.1) is 12.3 Å². The van der Waals surface area contributed by atoms with Crippen molar-refractivity contribution >= 4 is 16.9 Å². The monoisotopic (exact) mass is 446 g/mol. The first kappa shape index (κ1) is 21.9. The lowest BCUT2D eigenvalue weighted by Crippen LogP contribution is -2.30. The minimum atomic E-state index is -0.741. The summed E-state index contributed by atoms with van der Waals surface area (Å²) >= 11 is 0. The second-order valence-corrected chi connectivity index (χ2v) is 7.19. The highest BCUT2D eigenvalue weighted by Crippen LogP contribution is 2.24. The number of para-hydroxylation sites is 1. The number of carbonyl (C=O) groups excluding carboxylic acids is 1. The summed E-state index contributed by atoms with van der Waals surface area (Å²) in [6.45, 7) is 2.81. The number of hydrogen-bond acceptors (Lipinski definition) is 7. The van der Waals surface area contributed by atoms with Crippen molar-refractivity contribution in [2.75, 3.05) is 13.2 Å². The molecule has 0 spiro atoms. The number of nitrogens with one attached hydrogen (secondary N) is 1. The van der Waals surface area contributed by atoms with Crippen LogP contribution >= 0.6 is 0 Å². The molecule has 0 radical (unpaired) electrons. The zero-order valence-electron chi connectivity index (χ0n) is 18.0. The van der Waals surface area contributed by atoms with Gasteiger partial charge >= 0.3 is 5.63 Å². The molecule has 9 nitrogen and oxygen atoms in total. The van der Waals surface area contributed by atoms with E-state index in [9.17, 15) is 14.4 Å². The Bertz CT molecular complexity index is 1400. The van der Waals surface area contributed by atoms with E-state index < -0.39 is 11.5 Å². The van der Waals surface area contributed by atoms with Crippen molar-refractivity contribution in [1.82, 2.24) is 20.1 Å².